The van der Waals surface area contributed by atoms with Gasteiger partial charge in [-0.1, -0.05) is 0 Å². The van der Waals surface area contributed by atoms with Crippen LogP contribution in [-0.2, 0) is 0 Å². The molecule has 0 rings (SSSR count). The molecule has 0 radical (unpaired) electrons. The van der Waals surface area contributed by atoms with Crippen LogP contribution in [-0.4, -0.2) is 34.8 Å². The average Bonchev–Trinajstić information content (AvgIpc) is 1.83. The zero-order chi connectivity index (χ0) is 7.28. The predicted molar refractivity (Wildman–Crippen MR) is 32.8 cm³/mol. The maximum atomic E-state index is 9.75. The van der Waals surface area contributed by atoms with E-state index in [1.165, 1.54) is 0 Å². The first-order valence-corrected chi connectivity index (χ1v) is 2.91. The monoisotopic (exact) mass is 153 g/mol. The van der Waals surface area contributed by atoms with Crippen molar-refractivity contribution >= 4 is 17.7 Å². The van der Waals surface area contributed by atoms with Crippen LogP contribution in [0.1, 0.15) is 0 Å². The van der Waals surface area contributed by atoms with Gasteiger partial charge < -0.3 is 15.5 Å². The molecular weight excluding hydrogens is 146 g/mol. The summed E-state index contributed by atoms with van der Waals surface area (Å²) >= 11 is 5.15. The lowest BCUT2D eigenvalue weighted by atomic mass is 10.4. The molecule has 0 saturated carbocycles. The molecule has 3 N–H and O–H groups in total. The number of halogens is 1. The van der Waals surface area contributed by atoms with E-state index in [9.17, 15) is 4.79 Å². The lowest BCUT2D eigenvalue weighted by Gasteiger charge is -2.04. The molecule has 54 valence electrons. The first-order chi connectivity index (χ1) is 4.16. The van der Waals surface area contributed by atoms with Crippen LogP contribution in [0.4, 0.5) is 4.79 Å². The Labute approximate surface area is 57.4 Å². The number of nitrogens with one attached hydrogen (secondary N) is 1. The van der Waals surface area contributed by atoms with Crippen LogP contribution in [0.5, 0.6) is 0 Å². The van der Waals surface area contributed by atoms with Gasteiger partial charge >= 0.3 is 6.09 Å². The van der Waals surface area contributed by atoms with Gasteiger partial charge in [-0.05, 0) is 0 Å². The molecule has 0 aliphatic carbocycles. The summed E-state index contributed by atoms with van der Waals surface area (Å²) < 4.78 is 0. The van der Waals surface area contributed by atoms with Crippen molar-refractivity contribution in [2.75, 3.05) is 12.4 Å². The highest BCUT2D eigenvalue weighted by atomic mass is 35.5. The second kappa shape index (κ2) is 4.40. The van der Waals surface area contributed by atoms with Crippen LogP contribution in [0.15, 0.2) is 0 Å². The first-order valence-electron chi connectivity index (χ1n) is 2.37. The number of hydrogen-bond donors (Lipinski definition) is 3. The Balaban J connectivity index is 3.16. The minimum Gasteiger partial charge on any atom is -0.465 e. The molecule has 1 atom stereocenters. The Morgan fingerprint density at radius 3 is 2.67 bits per heavy atom. The van der Waals surface area contributed by atoms with Crippen molar-refractivity contribution in [2.24, 2.45) is 0 Å². The van der Waals surface area contributed by atoms with E-state index >= 15 is 0 Å². The van der Waals surface area contributed by atoms with Crippen molar-refractivity contribution in [1.29, 1.82) is 0 Å². The van der Waals surface area contributed by atoms with Gasteiger partial charge in [0, 0.05) is 6.54 Å². The summed E-state index contributed by atoms with van der Waals surface area (Å²) in [5.41, 5.74) is 0. The molecular formula is C4H8ClNO3. The Morgan fingerprint density at radius 2 is 2.33 bits per heavy atom. The van der Waals surface area contributed by atoms with Crippen molar-refractivity contribution in [3.63, 3.8) is 0 Å². The summed E-state index contributed by atoms with van der Waals surface area (Å²) in [6, 6.07) is 0. The van der Waals surface area contributed by atoms with Gasteiger partial charge in [0.1, 0.15) is 0 Å². The SMILES string of the molecule is O=C(O)NCC(O)CCl. The maximum absolute atomic E-state index is 9.75. The van der Waals surface area contributed by atoms with Gasteiger partial charge in [0.05, 0.1) is 12.0 Å². The molecule has 1 unspecified atom stereocenters. The summed E-state index contributed by atoms with van der Waals surface area (Å²) in [7, 11) is 0. The highest BCUT2D eigenvalue weighted by Crippen LogP contribution is 1.83. The van der Waals surface area contributed by atoms with Crippen molar-refractivity contribution in [2.45, 2.75) is 6.10 Å². The molecule has 5 heteroatoms. The van der Waals surface area contributed by atoms with Gasteiger partial charge in [-0.25, -0.2) is 4.79 Å². The molecule has 0 aromatic heterocycles. The van der Waals surface area contributed by atoms with Gasteiger partial charge in [-0.15, -0.1) is 11.6 Å². The van der Waals surface area contributed by atoms with Crippen LogP contribution in [0.3, 0.4) is 0 Å². The Kier molecular flexibility index (Phi) is 4.17. The van der Waals surface area contributed by atoms with Gasteiger partial charge in [-0.2, -0.15) is 0 Å². The minimum atomic E-state index is -1.15. The number of hydrogen-bond acceptors (Lipinski definition) is 2. The largest absolute Gasteiger partial charge is 0.465 e. The standard InChI is InChI=1S/C4H8ClNO3/c5-1-3(7)2-6-4(8)9/h3,6-7H,1-2H2,(H,8,9). The average molecular weight is 154 g/mol. The van der Waals surface area contributed by atoms with E-state index in [1.807, 2.05) is 5.32 Å². The normalized spacial score (nSPS) is 12.7. The number of rotatable bonds is 3. The zero-order valence-corrected chi connectivity index (χ0v) is 5.43. The predicted octanol–water partition coefficient (Wildman–Crippen LogP) is -0.146. The fourth-order valence-electron chi connectivity index (χ4n) is 0.260. The highest BCUT2D eigenvalue weighted by molar-refractivity contribution is 6.18. The van der Waals surface area contributed by atoms with E-state index in [2.05, 4.69) is 0 Å². The molecule has 0 aliphatic rings. The van der Waals surface area contributed by atoms with Crippen LogP contribution in [0.25, 0.3) is 0 Å². The number of carbonyl (C=O) groups is 1. The van der Waals surface area contributed by atoms with Gasteiger partial charge in [0.2, 0.25) is 0 Å². The van der Waals surface area contributed by atoms with Crippen molar-refractivity contribution < 1.29 is 15.0 Å². The van der Waals surface area contributed by atoms with Crippen molar-refractivity contribution in [3.8, 4) is 0 Å². The third-order valence-electron chi connectivity index (χ3n) is 0.667. The second-order valence-corrected chi connectivity index (χ2v) is 1.80. The van der Waals surface area contributed by atoms with Crippen LogP contribution >= 0.6 is 11.6 Å². The summed E-state index contributed by atoms with van der Waals surface area (Å²) in [5, 5.41) is 18.6. The third kappa shape index (κ3) is 5.39. The molecule has 0 saturated heterocycles. The van der Waals surface area contributed by atoms with E-state index in [-0.39, 0.29) is 12.4 Å². The van der Waals surface area contributed by atoms with Gasteiger partial charge in [0.15, 0.2) is 0 Å². The van der Waals surface area contributed by atoms with Crippen LogP contribution < -0.4 is 5.32 Å². The fraction of sp³-hybridized carbons (Fsp3) is 0.750. The molecule has 0 aromatic carbocycles. The molecule has 0 aromatic rings. The molecule has 0 bridgehead atoms. The summed E-state index contributed by atoms with van der Waals surface area (Å²) in [6.07, 6.45) is -1.94. The number of aliphatic hydroxyl groups is 1. The van der Waals surface area contributed by atoms with Gasteiger partial charge in [-0.3, -0.25) is 0 Å². The summed E-state index contributed by atoms with van der Waals surface area (Å²) in [5.74, 6) is 0.0419. The molecule has 0 spiro atoms. The number of alkyl halides is 1. The van der Waals surface area contributed by atoms with E-state index in [0.717, 1.165) is 0 Å². The van der Waals surface area contributed by atoms with Gasteiger partial charge in [0.25, 0.3) is 0 Å². The van der Waals surface area contributed by atoms with E-state index < -0.39 is 12.2 Å². The highest BCUT2D eigenvalue weighted by Gasteiger charge is 2.01. The van der Waals surface area contributed by atoms with E-state index in [1.54, 1.807) is 0 Å². The molecule has 9 heavy (non-hydrogen) atoms. The third-order valence-corrected chi connectivity index (χ3v) is 1.02. The van der Waals surface area contributed by atoms with Crippen molar-refractivity contribution in [3.05, 3.63) is 0 Å². The molecule has 0 fully saturated rings. The Hall–Kier alpha value is -0.480. The molecule has 1 amide bonds. The lowest BCUT2D eigenvalue weighted by Crippen LogP contribution is -2.31. The number of aliphatic hydroxyl groups excluding tert-OH is 1. The zero-order valence-electron chi connectivity index (χ0n) is 4.67. The van der Waals surface area contributed by atoms with E-state index in [0.29, 0.717) is 0 Å². The van der Waals surface area contributed by atoms with E-state index in [4.69, 9.17) is 21.8 Å². The number of carboxylic acid groups (broad SMARTS) is 1. The summed E-state index contributed by atoms with van der Waals surface area (Å²) in [4.78, 5) is 9.75. The van der Waals surface area contributed by atoms with Crippen LogP contribution in [0, 0.1) is 0 Å². The first kappa shape index (κ1) is 8.52. The quantitative estimate of drug-likeness (QED) is 0.494. The minimum absolute atomic E-state index is 0.0150. The maximum Gasteiger partial charge on any atom is 0.404 e. The molecule has 4 nitrogen and oxygen atoms in total. The van der Waals surface area contributed by atoms with Crippen LogP contribution in [0.2, 0.25) is 0 Å². The smallest absolute Gasteiger partial charge is 0.404 e. The topological polar surface area (TPSA) is 69.6 Å². The molecule has 0 aliphatic heterocycles. The summed E-state index contributed by atoms with van der Waals surface area (Å²) in [6.45, 7) is -0.0150. The van der Waals surface area contributed by atoms with Crippen molar-refractivity contribution in [1.82, 2.24) is 5.32 Å². The lowest BCUT2D eigenvalue weighted by molar-refractivity contribution is 0.170. The second-order valence-electron chi connectivity index (χ2n) is 1.49. The number of amides is 1. The Bertz CT molecular complexity index is 97.8. The fourth-order valence-corrected chi connectivity index (χ4v) is 0.369. The molecule has 0 heterocycles. The Morgan fingerprint density at radius 1 is 1.78 bits per heavy atom.